The lowest BCUT2D eigenvalue weighted by Gasteiger charge is -2.14. The van der Waals surface area contributed by atoms with Gasteiger partial charge in [-0.05, 0) is 37.8 Å². The molecule has 0 saturated heterocycles. The average molecular weight is 305 g/mol. The van der Waals surface area contributed by atoms with E-state index in [1.54, 1.807) is 18.4 Å². The smallest absolute Gasteiger partial charge is 0.238 e. The standard InChI is InChI=1S/C16H23N3O3/c1-11(2)6-7-12(3)17-14(20)8-9-15-18-16(19-22-15)13-5-4-10-21-13/h4-5,10-12H,6-9H2,1-3H3,(H,17,20). The van der Waals surface area contributed by atoms with Gasteiger partial charge >= 0.3 is 0 Å². The van der Waals surface area contributed by atoms with E-state index in [1.165, 1.54) is 0 Å². The minimum Gasteiger partial charge on any atom is -0.461 e. The maximum atomic E-state index is 11.9. The van der Waals surface area contributed by atoms with E-state index in [0.29, 0.717) is 36.2 Å². The Hall–Kier alpha value is -2.11. The second kappa shape index (κ2) is 7.77. The molecule has 0 aromatic carbocycles. The second-order valence-electron chi connectivity index (χ2n) is 5.93. The summed E-state index contributed by atoms with van der Waals surface area (Å²) in [6, 6.07) is 3.71. The number of carbonyl (C=O) groups excluding carboxylic acids is 1. The summed E-state index contributed by atoms with van der Waals surface area (Å²) < 4.78 is 10.3. The zero-order valence-electron chi connectivity index (χ0n) is 13.3. The lowest BCUT2D eigenvalue weighted by atomic mass is 10.0. The van der Waals surface area contributed by atoms with Crippen molar-refractivity contribution >= 4 is 5.91 Å². The summed E-state index contributed by atoms with van der Waals surface area (Å²) in [6.07, 6.45) is 4.42. The van der Waals surface area contributed by atoms with E-state index in [9.17, 15) is 4.79 Å². The fourth-order valence-electron chi connectivity index (χ4n) is 2.09. The Labute approximate surface area is 130 Å². The van der Waals surface area contributed by atoms with Crippen LogP contribution in [0.15, 0.2) is 27.3 Å². The van der Waals surface area contributed by atoms with Gasteiger partial charge in [0.2, 0.25) is 17.6 Å². The molecule has 2 rings (SSSR count). The van der Waals surface area contributed by atoms with Gasteiger partial charge in [-0.1, -0.05) is 19.0 Å². The van der Waals surface area contributed by atoms with Crippen LogP contribution in [0, 0.1) is 5.92 Å². The molecule has 1 amide bonds. The summed E-state index contributed by atoms with van der Waals surface area (Å²) in [5.74, 6) is 2.07. The van der Waals surface area contributed by atoms with E-state index in [0.717, 1.165) is 12.8 Å². The molecule has 0 aliphatic rings. The number of furan rings is 1. The van der Waals surface area contributed by atoms with Crippen LogP contribution >= 0.6 is 0 Å². The summed E-state index contributed by atoms with van der Waals surface area (Å²) >= 11 is 0. The highest BCUT2D eigenvalue weighted by Crippen LogP contribution is 2.16. The van der Waals surface area contributed by atoms with E-state index >= 15 is 0 Å². The Morgan fingerprint density at radius 3 is 2.82 bits per heavy atom. The van der Waals surface area contributed by atoms with Gasteiger partial charge < -0.3 is 14.3 Å². The average Bonchev–Trinajstić information content (AvgIpc) is 3.13. The number of nitrogens with zero attached hydrogens (tertiary/aromatic N) is 2. The van der Waals surface area contributed by atoms with Crippen LogP contribution in [0.4, 0.5) is 0 Å². The highest BCUT2D eigenvalue weighted by atomic mass is 16.5. The van der Waals surface area contributed by atoms with Crippen molar-refractivity contribution < 1.29 is 13.7 Å². The van der Waals surface area contributed by atoms with E-state index < -0.39 is 0 Å². The third kappa shape index (κ3) is 5.02. The SMILES string of the molecule is CC(C)CCC(C)NC(=O)CCc1nc(-c2ccco2)no1. The molecule has 2 aromatic rings. The highest BCUT2D eigenvalue weighted by Gasteiger charge is 2.13. The van der Waals surface area contributed by atoms with Gasteiger partial charge in [-0.2, -0.15) is 4.98 Å². The monoisotopic (exact) mass is 305 g/mol. The topological polar surface area (TPSA) is 81.2 Å². The molecule has 2 aromatic heterocycles. The minimum atomic E-state index is 0.00834. The van der Waals surface area contributed by atoms with E-state index in [1.807, 2.05) is 6.92 Å². The molecular formula is C16H23N3O3. The molecule has 120 valence electrons. The maximum Gasteiger partial charge on any atom is 0.238 e. The number of hydrogen-bond acceptors (Lipinski definition) is 5. The highest BCUT2D eigenvalue weighted by molar-refractivity contribution is 5.76. The predicted molar refractivity (Wildman–Crippen MR) is 82.0 cm³/mol. The number of carbonyl (C=O) groups is 1. The third-order valence-electron chi connectivity index (χ3n) is 3.36. The summed E-state index contributed by atoms with van der Waals surface area (Å²) in [6.45, 7) is 6.39. The lowest BCUT2D eigenvalue weighted by molar-refractivity contribution is -0.121. The van der Waals surface area contributed by atoms with Gasteiger partial charge in [0.05, 0.1) is 6.26 Å². The molecule has 0 aliphatic heterocycles. The van der Waals surface area contributed by atoms with Crippen LogP contribution in [0.2, 0.25) is 0 Å². The molecule has 6 heteroatoms. The van der Waals surface area contributed by atoms with Gasteiger partial charge in [-0.3, -0.25) is 4.79 Å². The Kier molecular flexibility index (Phi) is 5.75. The molecule has 6 nitrogen and oxygen atoms in total. The van der Waals surface area contributed by atoms with Crippen LogP contribution in [0.25, 0.3) is 11.6 Å². The number of aryl methyl sites for hydroxylation is 1. The zero-order chi connectivity index (χ0) is 15.9. The normalized spacial score (nSPS) is 12.5. The van der Waals surface area contributed by atoms with Gasteiger partial charge in [0.1, 0.15) is 0 Å². The van der Waals surface area contributed by atoms with Crippen LogP contribution in [-0.4, -0.2) is 22.1 Å². The summed E-state index contributed by atoms with van der Waals surface area (Å²) in [5, 5.41) is 6.83. The molecule has 2 heterocycles. The van der Waals surface area contributed by atoms with Crippen molar-refractivity contribution in [2.75, 3.05) is 0 Å². The quantitative estimate of drug-likeness (QED) is 0.810. The second-order valence-corrected chi connectivity index (χ2v) is 5.93. The fourth-order valence-corrected chi connectivity index (χ4v) is 2.09. The number of amides is 1. The van der Waals surface area contributed by atoms with Crippen LogP contribution in [-0.2, 0) is 11.2 Å². The predicted octanol–water partition coefficient (Wildman–Crippen LogP) is 3.20. The maximum absolute atomic E-state index is 11.9. The van der Waals surface area contributed by atoms with E-state index in [4.69, 9.17) is 8.94 Å². The lowest BCUT2D eigenvalue weighted by Crippen LogP contribution is -2.32. The first-order valence-electron chi connectivity index (χ1n) is 7.70. The van der Waals surface area contributed by atoms with Crippen molar-refractivity contribution in [2.24, 2.45) is 5.92 Å². The Morgan fingerprint density at radius 1 is 1.32 bits per heavy atom. The Balaban J connectivity index is 1.74. The van der Waals surface area contributed by atoms with Crippen LogP contribution in [0.5, 0.6) is 0 Å². The van der Waals surface area contributed by atoms with Crippen molar-refractivity contribution in [2.45, 2.75) is 52.5 Å². The van der Waals surface area contributed by atoms with Crippen molar-refractivity contribution in [3.63, 3.8) is 0 Å². The van der Waals surface area contributed by atoms with E-state index in [2.05, 4.69) is 29.3 Å². The molecule has 0 radical (unpaired) electrons. The van der Waals surface area contributed by atoms with Gasteiger partial charge in [0.15, 0.2) is 5.76 Å². The Morgan fingerprint density at radius 2 is 2.14 bits per heavy atom. The number of nitrogens with one attached hydrogen (secondary N) is 1. The van der Waals surface area contributed by atoms with Gasteiger partial charge in [0, 0.05) is 18.9 Å². The van der Waals surface area contributed by atoms with Crippen LogP contribution in [0.3, 0.4) is 0 Å². The molecule has 0 fully saturated rings. The van der Waals surface area contributed by atoms with Gasteiger partial charge in [-0.25, -0.2) is 0 Å². The molecule has 0 spiro atoms. The van der Waals surface area contributed by atoms with Crippen molar-refractivity contribution in [3.05, 3.63) is 24.3 Å². The zero-order valence-corrected chi connectivity index (χ0v) is 13.3. The Bertz CT molecular complexity index is 575. The van der Waals surface area contributed by atoms with Crippen molar-refractivity contribution in [3.8, 4) is 11.6 Å². The van der Waals surface area contributed by atoms with Crippen molar-refractivity contribution in [1.29, 1.82) is 0 Å². The van der Waals surface area contributed by atoms with Crippen molar-refractivity contribution in [1.82, 2.24) is 15.5 Å². The molecule has 0 saturated carbocycles. The number of hydrogen-bond donors (Lipinski definition) is 1. The van der Waals surface area contributed by atoms with E-state index in [-0.39, 0.29) is 11.9 Å². The summed E-state index contributed by atoms with van der Waals surface area (Å²) in [7, 11) is 0. The molecule has 1 N–H and O–H groups in total. The first-order valence-corrected chi connectivity index (χ1v) is 7.70. The van der Waals surface area contributed by atoms with Crippen LogP contribution in [0.1, 0.15) is 45.9 Å². The fraction of sp³-hybridized carbons (Fsp3) is 0.562. The number of rotatable bonds is 8. The largest absolute Gasteiger partial charge is 0.461 e. The molecule has 22 heavy (non-hydrogen) atoms. The summed E-state index contributed by atoms with van der Waals surface area (Å²) in [5.41, 5.74) is 0. The molecule has 1 unspecified atom stereocenters. The third-order valence-corrected chi connectivity index (χ3v) is 3.36. The van der Waals surface area contributed by atoms with Gasteiger partial charge in [-0.15, -0.1) is 0 Å². The molecule has 0 bridgehead atoms. The van der Waals surface area contributed by atoms with Gasteiger partial charge in [0.25, 0.3) is 0 Å². The minimum absolute atomic E-state index is 0.00834. The molecule has 0 aliphatic carbocycles. The van der Waals surface area contributed by atoms with Crippen LogP contribution < -0.4 is 5.32 Å². The molecular weight excluding hydrogens is 282 g/mol. The summed E-state index contributed by atoms with van der Waals surface area (Å²) in [4.78, 5) is 16.1. The number of aromatic nitrogens is 2. The first kappa shape index (κ1) is 16.3. The first-order chi connectivity index (χ1) is 10.5. The molecule has 1 atom stereocenters.